The molecule has 1 saturated heterocycles. The van der Waals surface area contributed by atoms with Gasteiger partial charge in [0, 0.05) is 44.4 Å². The Balaban J connectivity index is 0.00000364. The molecule has 156 valence electrons. The van der Waals surface area contributed by atoms with E-state index < -0.39 is 40.9 Å². The molecule has 0 aliphatic carbocycles. The first kappa shape index (κ1) is 23.9. The van der Waals surface area contributed by atoms with Crippen LogP contribution < -0.4 is 5.32 Å². The van der Waals surface area contributed by atoms with Crippen LogP contribution in [0.5, 0.6) is 0 Å². The van der Waals surface area contributed by atoms with Gasteiger partial charge < -0.3 is 10.4 Å². The Hall–Kier alpha value is -1.10. The van der Waals surface area contributed by atoms with Crippen LogP contribution in [0, 0.1) is 5.82 Å². The molecule has 0 unspecified atom stereocenters. The summed E-state index contributed by atoms with van der Waals surface area (Å²) in [5.74, 6) is -1.53. The summed E-state index contributed by atoms with van der Waals surface area (Å²) in [5.41, 5.74) is -4.08. The number of nitrogens with one attached hydrogen (secondary N) is 1. The lowest BCUT2D eigenvalue weighted by Crippen LogP contribution is -2.45. The van der Waals surface area contributed by atoms with E-state index in [2.05, 4.69) is 5.32 Å². The lowest BCUT2D eigenvalue weighted by atomic mass is 9.92. The Morgan fingerprint density at radius 3 is 2.11 bits per heavy atom. The van der Waals surface area contributed by atoms with Crippen LogP contribution in [0.4, 0.5) is 30.7 Å². The molecule has 0 spiro atoms. The summed E-state index contributed by atoms with van der Waals surface area (Å²) in [4.78, 5) is 1.60. The molecule has 0 amide bonds. The highest BCUT2D eigenvalue weighted by atomic mass is 35.5. The Kier molecular flexibility index (Phi) is 8.33. The number of halogens is 8. The minimum Gasteiger partial charge on any atom is -0.396 e. The van der Waals surface area contributed by atoms with E-state index in [-0.39, 0.29) is 44.0 Å². The lowest BCUT2D eigenvalue weighted by molar-refractivity contribution is -0.144. The molecule has 2 rings (SSSR count). The number of aliphatic hydroxyl groups excluding tert-OH is 1. The van der Waals surface area contributed by atoms with E-state index in [1.165, 1.54) is 0 Å². The standard InChI is InChI=1S/C16H19F7N2O.ClH/c17-12-9-10(15(18,19)20)8-11(16(21,22)23)14(12)13(2-1-7-26)25-5-3-24-4-6-25;/h8-9,13,24,26H,1-7H2;1H/t13-;/m0./s1. The van der Waals surface area contributed by atoms with Crippen LogP contribution in [0.2, 0.25) is 0 Å². The first-order chi connectivity index (χ1) is 12.1. The third kappa shape index (κ3) is 5.94. The fourth-order valence-corrected chi connectivity index (χ4v) is 3.14. The van der Waals surface area contributed by atoms with Crippen LogP contribution in [0.25, 0.3) is 0 Å². The van der Waals surface area contributed by atoms with Gasteiger partial charge in [0.15, 0.2) is 0 Å². The average Bonchev–Trinajstić information content (AvgIpc) is 2.55. The van der Waals surface area contributed by atoms with Crippen LogP contribution in [0.3, 0.4) is 0 Å². The fourth-order valence-electron chi connectivity index (χ4n) is 3.14. The summed E-state index contributed by atoms with van der Waals surface area (Å²) in [6.07, 6.45) is -10.1. The molecule has 0 bridgehead atoms. The Morgan fingerprint density at radius 2 is 1.63 bits per heavy atom. The van der Waals surface area contributed by atoms with Crippen molar-refractivity contribution < 1.29 is 35.8 Å². The minimum absolute atomic E-state index is 0. The number of alkyl halides is 6. The van der Waals surface area contributed by atoms with Gasteiger partial charge in [0.1, 0.15) is 5.82 Å². The summed E-state index contributed by atoms with van der Waals surface area (Å²) >= 11 is 0. The lowest BCUT2D eigenvalue weighted by Gasteiger charge is -2.36. The van der Waals surface area contributed by atoms with Crippen LogP contribution in [-0.4, -0.2) is 42.8 Å². The monoisotopic (exact) mass is 424 g/mol. The smallest absolute Gasteiger partial charge is 0.396 e. The molecule has 0 saturated carbocycles. The number of nitrogens with zero attached hydrogens (tertiary/aromatic N) is 1. The maximum Gasteiger partial charge on any atom is 0.416 e. The number of benzene rings is 1. The molecule has 0 radical (unpaired) electrons. The third-order valence-corrected chi connectivity index (χ3v) is 4.32. The molecule has 1 aromatic rings. The van der Waals surface area contributed by atoms with Crippen molar-refractivity contribution in [3.63, 3.8) is 0 Å². The fraction of sp³-hybridized carbons (Fsp3) is 0.625. The maximum atomic E-state index is 14.5. The number of piperazine rings is 1. The Labute approximate surface area is 157 Å². The summed E-state index contributed by atoms with van der Waals surface area (Å²) in [6, 6.07) is -0.992. The first-order valence-corrected chi connectivity index (χ1v) is 8.09. The number of aliphatic hydroxyl groups is 1. The van der Waals surface area contributed by atoms with Crippen molar-refractivity contribution in [1.82, 2.24) is 10.2 Å². The second kappa shape index (κ2) is 9.40. The molecule has 0 aromatic heterocycles. The summed E-state index contributed by atoms with van der Waals surface area (Å²) in [7, 11) is 0. The van der Waals surface area contributed by atoms with Crippen molar-refractivity contribution in [3.8, 4) is 0 Å². The molecule has 1 aliphatic heterocycles. The molecule has 27 heavy (non-hydrogen) atoms. The number of hydrogen-bond donors (Lipinski definition) is 2. The van der Waals surface area contributed by atoms with Gasteiger partial charge in [0.25, 0.3) is 0 Å². The average molecular weight is 425 g/mol. The van der Waals surface area contributed by atoms with Gasteiger partial charge in [-0.25, -0.2) is 4.39 Å². The number of rotatable bonds is 5. The summed E-state index contributed by atoms with van der Waals surface area (Å²) < 4.78 is 93.3. The summed E-state index contributed by atoms with van der Waals surface area (Å²) in [6.45, 7) is 1.28. The predicted octanol–water partition coefficient (Wildman–Crippen LogP) is 4.00. The van der Waals surface area contributed by atoms with Crippen molar-refractivity contribution >= 4 is 12.4 Å². The van der Waals surface area contributed by atoms with E-state index in [9.17, 15) is 30.7 Å². The highest BCUT2D eigenvalue weighted by Crippen LogP contribution is 2.42. The zero-order valence-corrected chi connectivity index (χ0v) is 14.9. The predicted molar refractivity (Wildman–Crippen MR) is 87.2 cm³/mol. The Bertz CT molecular complexity index is 616. The first-order valence-electron chi connectivity index (χ1n) is 8.09. The van der Waals surface area contributed by atoms with Crippen LogP contribution in [0.1, 0.15) is 35.6 Å². The largest absolute Gasteiger partial charge is 0.416 e. The minimum atomic E-state index is -5.14. The SMILES string of the molecule is Cl.OCCC[C@@H](c1c(F)cc(C(F)(F)F)cc1C(F)(F)F)N1CCNCC1. The second-order valence-electron chi connectivity index (χ2n) is 6.08. The van der Waals surface area contributed by atoms with E-state index in [0.717, 1.165) is 0 Å². The molecular weight excluding hydrogens is 405 g/mol. The van der Waals surface area contributed by atoms with Gasteiger partial charge in [-0.15, -0.1) is 12.4 Å². The normalized spacial score (nSPS) is 17.5. The van der Waals surface area contributed by atoms with Crippen molar-refractivity contribution in [2.75, 3.05) is 32.8 Å². The van der Waals surface area contributed by atoms with E-state index in [0.29, 0.717) is 26.2 Å². The third-order valence-electron chi connectivity index (χ3n) is 4.32. The molecule has 1 aliphatic rings. The molecule has 1 atom stereocenters. The van der Waals surface area contributed by atoms with Gasteiger partial charge in [0.2, 0.25) is 0 Å². The highest BCUT2D eigenvalue weighted by molar-refractivity contribution is 5.85. The van der Waals surface area contributed by atoms with Gasteiger partial charge >= 0.3 is 12.4 Å². The molecule has 11 heteroatoms. The van der Waals surface area contributed by atoms with Crippen molar-refractivity contribution in [2.24, 2.45) is 0 Å². The van der Waals surface area contributed by atoms with Gasteiger partial charge in [-0.1, -0.05) is 0 Å². The van der Waals surface area contributed by atoms with E-state index in [1.807, 2.05) is 0 Å². The molecule has 1 fully saturated rings. The zero-order chi connectivity index (χ0) is 19.5. The van der Waals surface area contributed by atoms with Gasteiger partial charge in [-0.05, 0) is 25.0 Å². The van der Waals surface area contributed by atoms with E-state index in [4.69, 9.17) is 5.11 Å². The van der Waals surface area contributed by atoms with Gasteiger partial charge in [-0.3, -0.25) is 4.90 Å². The van der Waals surface area contributed by atoms with E-state index >= 15 is 0 Å². The van der Waals surface area contributed by atoms with Crippen molar-refractivity contribution in [1.29, 1.82) is 0 Å². The summed E-state index contributed by atoms with van der Waals surface area (Å²) in [5, 5.41) is 12.0. The van der Waals surface area contributed by atoms with Crippen molar-refractivity contribution in [2.45, 2.75) is 31.2 Å². The quantitative estimate of drug-likeness (QED) is 0.701. The zero-order valence-electron chi connectivity index (χ0n) is 14.1. The highest BCUT2D eigenvalue weighted by Gasteiger charge is 2.42. The molecule has 1 aromatic carbocycles. The van der Waals surface area contributed by atoms with Crippen LogP contribution in [-0.2, 0) is 12.4 Å². The second-order valence-corrected chi connectivity index (χ2v) is 6.08. The number of hydrogen-bond acceptors (Lipinski definition) is 3. The van der Waals surface area contributed by atoms with Crippen LogP contribution >= 0.6 is 12.4 Å². The topological polar surface area (TPSA) is 35.5 Å². The molecule has 2 N–H and O–H groups in total. The molecule has 3 nitrogen and oxygen atoms in total. The van der Waals surface area contributed by atoms with Crippen LogP contribution in [0.15, 0.2) is 12.1 Å². The van der Waals surface area contributed by atoms with Gasteiger partial charge in [0.05, 0.1) is 11.1 Å². The van der Waals surface area contributed by atoms with Crippen molar-refractivity contribution in [3.05, 3.63) is 34.6 Å². The van der Waals surface area contributed by atoms with E-state index in [1.54, 1.807) is 4.90 Å². The maximum absolute atomic E-state index is 14.5. The molecule has 1 heterocycles. The molecular formula is C16H20ClF7N2O. The van der Waals surface area contributed by atoms with Gasteiger partial charge in [-0.2, -0.15) is 26.3 Å². The Morgan fingerprint density at radius 1 is 1.04 bits per heavy atom.